The molecule has 1 aromatic carbocycles. The normalized spacial score (nSPS) is 21.2. The fourth-order valence-electron chi connectivity index (χ4n) is 3.19. The van der Waals surface area contributed by atoms with Crippen molar-refractivity contribution in [3.05, 3.63) is 29.8 Å². The number of carbonyl (C=O) groups is 2. The van der Waals surface area contributed by atoms with E-state index in [-0.39, 0.29) is 18.6 Å². The van der Waals surface area contributed by atoms with Crippen LogP contribution in [-0.2, 0) is 9.59 Å². The lowest BCUT2D eigenvalue weighted by Crippen LogP contribution is -2.45. The molecule has 132 valence electrons. The largest absolute Gasteiger partial charge is 0.396 e. The van der Waals surface area contributed by atoms with E-state index in [0.717, 1.165) is 37.7 Å². The molecular weight excluding hydrogens is 304 g/mol. The molecule has 0 saturated heterocycles. The second kappa shape index (κ2) is 8.83. The van der Waals surface area contributed by atoms with E-state index in [2.05, 4.69) is 24.5 Å². The van der Waals surface area contributed by atoms with Crippen molar-refractivity contribution in [2.45, 2.75) is 57.9 Å². The van der Waals surface area contributed by atoms with Crippen molar-refractivity contribution in [3.63, 3.8) is 0 Å². The molecule has 0 spiro atoms. The Balaban J connectivity index is 1.96. The Morgan fingerprint density at radius 1 is 1.17 bits per heavy atom. The first-order chi connectivity index (χ1) is 11.5. The van der Waals surface area contributed by atoms with Crippen LogP contribution in [-0.4, -0.2) is 29.6 Å². The van der Waals surface area contributed by atoms with Gasteiger partial charge >= 0.3 is 11.8 Å². The topological polar surface area (TPSA) is 78.4 Å². The van der Waals surface area contributed by atoms with E-state index in [1.165, 1.54) is 0 Å². The molecule has 5 heteroatoms. The number of benzene rings is 1. The molecule has 0 bridgehead atoms. The quantitative estimate of drug-likeness (QED) is 0.586. The summed E-state index contributed by atoms with van der Waals surface area (Å²) in [4.78, 5) is 24.4. The van der Waals surface area contributed by atoms with Crippen LogP contribution in [0.1, 0.15) is 57.4 Å². The average Bonchev–Trinajstić information content (AvgIpc) is 2.79. The van der Waals surface area contributed by atoms with Crippen molar-refractivity contribution in [1.29, 1.82) is 0 Å². The molecule has 2 unspecified atom stereocenters. The highest BCUT2D eigenvalue weighted by Gasteiger charge is 2.26. The lowest BCUT2D eigenvalue weighted by atomic mass is 9.95. The number of carbonyl (C=O) groups excluding carboxylic acids is 2. The summed E-state index contributed by atoms with van der Waals surface area (Å²) in [5.74, 6) is -0.896. The van der Waals surface area contributed by atoms with Crippen LogP contribution in [0.25, 0.3) is 0 Å². The van der Waals surface area contributed by atoms with Gasteiger partial charge in [0.1, 0.15) is 0 Å². The van der Waals surface area contributed by atoms with Gasteiger partial charge in [-0.1, -0.05) is 45.2 Å². The zero-order valence-electron chi connectivity index (χ0n) is 14.5. The molecule has 1 aromatic rings. The number of hydrogen-bond acceptors (Lipinski definition) is 3. The number of aliphatic hydroxyl groups is 1. The second-order valence-electron chi connectivity index (χ2n) is 6.89. The molecule has 1 saturated carbocycles. The van der Waals surface area contributed by atoms with Gasteiger partial charge in [0.15, 0.2) is 0 Å². The number of anilines is 1. The first-order valence-electron chi connectivity index (χ1n) is 8.84. The van der Waals surface area contributed by atoms with E-state index >= 15 is 0 Å². The summed E-state index contributed by atoms with van der Waals surface area (Å²) < 4.78 is 0. The van der Waals surface area contributed by atoms with Crippen LogP contribution < -0.4 is 10.6 Å². The van der Waals surface area contributed by atoms with Crippen LogP contribution in [0.15, 0.2) is 24.3 Å². The maximum atomic E-state index is 12.2. The van der Waals surface area contributed by atoms with Crippen molar-refractivity contribution in [2.24, 2.45) is 5.92 Å². The first kappa shape index (κ1) is 18.5. The predicted molar refractivity (Wildman–Crippen MR) is 94.8 cm³/mol. The Hall–Kier alpha value is -1.88. The molecule has 1 fully saturated rings. The summed E-state index contributed by atoms with van der Waals surface area (Å²) in [6, 6.07) is 7.41. The third-order valence-corrected chi connectivity index (χ3v) is 4.73. The van der Waals surface area contributed by atoms with E-state index in [1.807, 2.05) is 18.2 Å². The van der Waals surface area contributed by atoms with Crippen LogP contribution in [0.5, 0.6) is 0 Å². The smallest absolute Gasteiger partial charge is 0.313 e. The predicted octanol–water partition coefficient (Wildman–Crippen LogP) is 2.81. The molecule has 24 heavy (non-hydrogen) atoms. The molecule has 0 radical (unpaired) electrons. The van der Waals surface area contributed by atoms with Crippen LogP contribution >= 0.6 is 0 Å². The van der Waals surface area contributed by atoms with Crippen molar-refractivity contribution in [2.75, 3.05) is 11.9 Å². The first-order valence-corrected chi connectivity index (χ1v) is 8.84. The van der Waals surface area contributed by atoms with E-state index < -0.39 is 11.8 Å². The molecule has 2 atom stereocenters. The third-order valence-electron chi connectivity index (χ3n) is 4.73. The van der Waals surface area contributed by atoms with Gasteiger partial charge in [0.2, 0.25) is 0 Å². The summed E-state index contributed by atoms with van der Waals surface area (Å²) in [7, 11) is 0. The summed E-state index contributed by atoms with van der Waals surface area (Å²) in [6.45, 7) is 4.20. The van der Waals surface area contributed by atoms with Gasteiger partial charge in [-0.05, 0) is 36.5 Å². The average molecular weight is 332 g/mol. The Bertz CT molecular complexity index is 571. The van der Waals surface area contributed by atoms with Crippen molar-refractivity contribution in [1.82, 2.24) is 5.32 Å². The van der Waals surface area contributed by atoms with Crippen LogP contribution in [0, 0.1) is 5.92 Å². The maximum absolute atomic E-state index is 12.2. The lowest BCUT2D eigenvalue weighted by Gasteiger charge is -2.24. The molecule has 0 aromatic heterocycles. The van der Waals surface area contributed by atoms with Gasteiger partial charge in [-0.2, -0.15) is 0 Å². The Kier molecular flexibility index (Phi) is 6.79. The fraction of sp³-hybridized carbons (Fsp3) is 0.579. The molecule has 3 N–H and O–H groups in total. The molecular formula is C19H28N2O3. The van der Waals surface area contributed by atoms with E-state index in [1.54, 1.807) is 6.07 Å². The highest BCUT2D eigenvalue weighted by molar-refractivity contribution is 6.39. The zero-order valence-corrected chi connectivity index (χ0v) is 14.5. The van der Waals surface area contributed by atoms with E-state index in [9.17, 15) is 14.7 Å². The van der Waals surface area contributed by atoms with Gasteiger partial charge < -0.3 is 15.7 Å². The van der Waals surface area contributed by atoms with E-state index in [0.29, 0.717) is 11.6 Å². The monoisotopic (exact) mass is 332 g/mol. The van der Waals surface area contributed by atoms with Gasteiger partial charge in [0.05, 0.1) is 0 Å². The number of hydrogen-bond donors (Lipinski definition) is 3. The maximum Gasteiger partial charge on any atom is 0.313 e. The molecule has 5 nitrogen and oxygen atoms in total. The minimum atomic E-state index is -0.656. The highest BCUT2D eigenvalue weighted by Crippen LogP contribution is 2.23. The number of aliphatic hydroxyl groups excluding tert-OH is 1. The molecule has 1 aliphatic rings. The van der Waals surface area contributed by atoms with Crippen LogP contribution in [0.3, 0.4) is 0 Å². The zero-order chi connectivity index (χ0) is 17.5. The second-order valence-corrected chi connectivity index (χ2v) is 6.89. The van der Waals surface area contributed by atoms with E-state index in [4.69, 9.17) is 0 Å². The van der Waals surface area contributed by atoms with Gasteiger partial charge in [0.25, 0.3) is 0 Å². The standard InChI is InChI=1S/C19H28N2O3/c1-13(2)14-8-6-9-16(11-14)20-18(23)19(24)21-17-10-5-3-4-7-15(17)12-22/h6,8-9,11,13,15,17,22H,3-5,7,10,12H2,1-2H3,(H,20,23)(H,21,24). The van der Waals surface area contributed by atoms with Crippen LogP contribution in [0.4, 0.5) is 5.69 Å². The third kappa shape index (κ3) is 5.06. The van der Waals surface area contributed by atoms with Gasteiger partial charge in [-0.25, -0.2) is 0 Å². The SMILES string of the molecule is CC(C)c1cccc(NC(=O)C(=O)NC2CCCCCC2CO)c1. The van der Waals surface area contributed by atoms with Crippen molar-refractivity contribution in [3.8, 4) is 0 Å². The molecule has 0 heterocycles. The minimum Gasteiger partial charge on any atom is -0.396 e. The Morgan fingerprint density at radius 2 is 1.92 bits per heavy atom. The minimum absolute atomic E-state index is 0.0357. The Morgan fingerprint density at radius 3 is 2.62 bits per heavy atom. The summed E-state index contributed by atoms with van der Waals surface area (Å²) in [5, 5.41) is 15.0. The van der Waals surface area contributed by atoms with Gasteiger partial charge in [-0.3, -0.25) is 9.59 Å². The van der Waals surface area contributed by atoms with Crippen molar-refractivity contribution < 1.29 is 14.7 Å². The highest BCUT2D eigenvalue weighted by atomic mass is 16.3. The Labute approximate surface area is 143 Å². The molecule has 1 aliphatic carbocycles. The molecule has 2 amide bonds. The fourth-order valence-corrected chi connectivity index (χ4v) is 3.19. The number of rotatable bonds is 4. The van der Waals surface area contributed by atoms with Gasteiger partial charge in [0, 0.05) is 24.3 Å². The van der Waals surface area contributed by atoms with Crippen molar-refractivity contribution >= 4 is 17.5 Å². The lowest BCUT2D eigenvalue weighted by molar-refractivity contribution is -0.137. The van der Waals surface area contributed by atoms with Gasteiger partial charge in [-0.15, -0.1) is 0 Å². The number of nitrogens with one attached hydrogen (secondary N) is 2. The van der Waals surface area contributed by atoms with Crippen LogP contribution in [0.2, 0.25) is 0 Å². The summed E-state index contributed by atoms with van der Waals surface area (Å²) >= 11 is 0. The number of amides is 2. The molecule has 2 rings (SSSR count). The molecule has 0 aliphatic heterocycles. The summed E-state index contributed by atoms with van der Waals surface area (Å²) in [6.07, 6.45) is 4.88. The summed E-state index contributed by atoms with van der Waals surface area (Å²) in [5.41, 5.74) is 1.73.